The summed E-state index contributed by atoms with van der Waals surface area (Å²) < 4.78 is 1.06. The van der Waals surface area contributed by atoms with Crippen molar-refractivity contribution in [2.45, 2.75) is 25.4 Å². The molecule has 2 aliphatic rings. The van der Waals surface area contributed by atoms with Crippen LogP contribution in [-0.2, 0) is 4.79 Å². The van der Waals surface area contributed by atoms with E-state index in [4.69, 9.17) is 0 Å². The summed E-state index contributed by atoms with van der Waals surface area (Å²) in [5, 5.41) is 6.52. The largest absolute Gasteiger partial charge is 0.348 e. The molecule has 3 rings (SSSR count). The zero-order valence-electron chi connectivity index (χ0n) is 14.3. The number of amides is 1. The summed E-state index contributed by atoms with van der Waals surface area (Å²) in [6, 6.07) is 8.77. The Morgan fingerprint density at radius 1 is 1.29 bits per heavy atom. The highest BCUT2D eigenvalue weighted by Crippen LogP contribution is 2.18. The lowest BCUT2D eigenvalue weighted by Gasteiger charge is -2.32. The van der Waals surface area contributed by atoms with E-state index in [9.17, 15) is 4.79 Å². The molecule has 0 bridgehead atoms. The highest BCUT2D eigenvalue weighted by molar-refractivity contribution is 9.10. The molecule has 2 fully saturated rings. The van der Waals surface area contributed by atoms with Gasteiger partial charge in [0.05, 0.1) is 12.6 Å². The molecule has 132 valence electrons. The second-order valence-corrected chi connectivity index (χ2v) is 7.72. The summed E-state index contributed by atoms with van der Waals surface area (Å²) in [5.74, 6) is 0.117. The molecule has 2 atom stereocenters. The van der Waals surface area contributed by atoms with E-state index >= 15 is 0 Å². The first-order valence-electron chi connectivity index (χ1n) is 8.84. The molecule has 2 aliphatic heterocycles. The lowest BCUT2D eigenvalue weighted by molar-refractivity contribution is -0.122. The van der Waals surface area contributed by atoms with Crippen molar-refractivity contribution in [2.75, 3.05) is 45.8 Å². The minimum Gasteiger partial charge on any atom is -0.348 e. The van der Waals surface area contributed by atoms with Gasteiger partial charge in [-0.2, -0.15) is 0 Å². The summed E-state index contributed by atoms with van der Waals surface area (Å²) in [4.78, 5) is 17.2. The van der Waals surface area contributed by atoms with Crippen LogP contribution < -0.4 is 10.6 Å². The van der Waals surface area contributed by atoms with Gasteiger partial charge in [-0.3, -0.25) is 14.6 Å². The standard InChI is InChI=1S/C18H27BrN4O/c1-14(15-2-4-16(19)5-3-15)21-18(24)13-22-9-6-17(12-22)23-10-7-20-8-11-23/h2-5,14,17,20H,6-13H2,1H3,(H,21,24). The average Bonchev–Trinajstić information content (AvgIpc) is 3.04. The average molecular weight is 395 g/mol. The Morgan fingerprint density at radius 3 is 2.71 bits per heavy atom. The van der Waals surface area contributed by atoms with E-state index in [1.807, 2.05) is 31.2 Å². The maximum atomic E-state index is 12.3. The van der Waals surface area contributed by atoms with Crippen LogP contribution in [0.1, 0.15) is 24.9 Å². The Hall–Kier alpha value is -0.950. The fourth-order valence-electron chi connectivity index (χ4n) is 3.63. The molecule has 0 aromatic heterocycles. The van der Waals surface area contributed by atoms with Crippen LogP contribution >= 0.6 is 15.9 Å². The van der Waals surface area contributed by atoms with Gasteiger partial charge in [0.2, 0.25) is 5.91 Å². The summed E-state index contributed by atoms with van der Waals surface area (Å²) >= 11 is 3.44. The van der Waals surface area contributed by atoms with Gasteiger partial charge in [0.1, 0.15) is 0 Å². The number of nitrogens with zero attached hydrogens (tertiary/aromatic N) is 2. The molecule has 6 heteroatoms. The smallest absolute Gasteiger partial charge is 0.234 e. The minimum atomic E-state index is 0.0390. The Balaban J connectivity index is 1.44. The molecule has 5 nitrogen and oxygen atoms in total. The van der Waals surface area contributed by atoms with E-state index in [1.165, 1.54) is 6.42 Å². The van der Waals surface area contributed by atoms with Gasteiger partial charge < -0.3 is 10.6 Å². The number of likely N-dealkylation sites (tertiary alicyclic amines) is 1. The number of nitrogens with one attached hydrogen (secondary N) is 2. The molecule has 0 aliphatic carbocycles. The first kappa shape index (κ1) is 17.9. The quantitative estimate of drug-likeness (QED) is 0.796. The van der Waals surface area contributed by atoms with Gasteiger partial charge in [-0.1, -0.05) is 28.1 Å². The third kappa shape index (κ3) is 4.79. The van der Waals surface area contributed by atoms with Crippen LogP contribution in [0.3, 0.4) is 0 Å². The molecule has 2 heterocycles. The maximum absolute atomic E-state index is 12.3. The molecule has 1 aromatic rings. The lowest BCUT2D eigenvalue weighted by Crippen LogP contribution is -2.49. The predicted molar refractivity (Wildman–Crippen MR) is 100.0 cm³/mol. The monoisotopic (exact) mass is 394 g/mol. The maximum Gasteiger partial charge on any atom is 0.234 e. The van der Waals surface area contributed by atoms with Crippen LogP contribution in [0.4, 0.5) is 0 Å². The summed E-state index contributed by atoms with van der Waals surface area (Å²) in [6.45, 7) is 9.01. The van der Waals surface area contributed by atoms with Gasteiger partial charge >= 0.3 is 0 Å². The Bertz CT molecular complexity index is 544. The van der Waals surface area contributed by atoms with Crippen LogP contribution in [0.5, 0.6) is 0 Å². The fraction of sp³-hybridized carbons (Fsp3) is 0.611. The number of hydrogen-bond acceptors (Lipinski definition) is 4. The molecular formula is C18H27BrN4O. The molecular weight excluding hydrogens is 368 g/mol. The number of halogens is 1. The normalized spacial score (nSPS) is 24.0. The van der Waals surface area contributed by atoms with E-state index in [-0.39, 0.29) is 11.9 Å². The van der Waals surface area contributed by atoms with Crippen molar-refractivity contribution < 1.29 is 4.79 Å². The van der Waals surface area contributed by atoms with Gasteiger partial charge in [-0.05, 0) is 31.0 Å². The van der Waals surface area contributed by atoms with Crippen molar-refractivity contribution in [3.05, 3.63) is 34.3 Å². The minimum absolute atomic E-state index is 0.0390. The SMILES string of the molecule is CC(NC(=O)CN1CCC(N2CCNCC2)C1)c1ccc(Br)cc1. The van der Waals surface area contributed by atoms with Gasteiger partial charge in [0, 0.05) is 49.8 Å². The van der Waals surface area contributed by atoms with E-state index in [2.05, 4.69) is 36.4 Å². The number of hydrogen-bond donors (Lipinski definition) is 2. The van der Waals surface area contributed by atoms with Gasteiger partial charge in [0.15, 0.2) is 0 Å². The predicted octanol–water partition coefficient (Wildman–Crippen LogP) is 1.61. The first-order chi connectivity index (χ1) is 11.6. The molecule has 24 heavy (non-hydrogen) atoms. The second-order valence-electron chi connectivity index (χ2n) is 6.80. The van der Waals surface area contributed by atoms with Crippen LogP contribution in [0.25, 0.3) is 0 Å². The van der Waals surface area contributed by atoms with Gasteiger partial charge in [0.25, 0.3) is 0 Å². The lowest BCUT2D eigenvalue weighted by atomic mass is 10.1. The highest BCUT2D eigenvalue weighted by atomic mass is 79.9. The van der Waals surface area contributed by atoms with Gasteiger partial charge in [-0.25, -0.2) is 0 Å². The topological polar surface area (TPSA) is 47.6 Å². The molecule has 2 unspecified atom stereocenters. The molecule has 2 saturated heterocycles. The van der Waals surface area contributed by atoms with Crippen molar-refractivity contribution in [1.29, 1.82) is 0 Å². The Labute approximate surface area is 152 Å². The Morgan fingerprint density at radius 2 is 2.00 bits per heavy atom. The molecule has 0 radical (unpaired) electrons. The number of rotatable bonds is 5. The van der Waals surface area contributed by atoms with Crippen molar-refractivity contribution in [2.24, 2.45) is 0 Å². The molecule has 0 spiro atoms. The highest BCUT2D eigenvalue weighted by Gasteiger charge is 2.29. The second kappa shape index (κ2) is 8.43. The number of piperazine rings is 1. The number of carbonyl (C=O) groups excluding carboxylic acids is 1. The van der Waals surface area contributed by atoms with E-state index in [0.29, 0.717) is 12.6 Å². The van der Waals surface area contributed by atoms with Crippen molar-refractivity contribution in [1.82, 2.24) is 20.4 Å². The third-order valence-electron chi connectivity index (χ3n) is 5.03. The van der Waals surface area contributed by atoms with Crippen molar-refractivity contribution in [3.8, 4) is 0 Å². The van der Waals surface area contributed by atoms with Crippen molar-refractivity contribution >= 4 is 21.8 Å². The molecule has 1 aromatic carbocycles. The zero-order valence-corrected chi connectivity index (χ0v) is 15.9. The molecule has 2 N–H and O–H groups in total. The third-order valence-corrected chi connectivity index (χ3v) is 5.56. The summed E-state index contributed by atoms with van der Waals surface area (Å²) in [5.41, 5.74) is 1.13. The number of benzene rings is 1. The van der Waals surface area contributed by atoms with E-state index < -0.39 is 0 Å². The number of carbonyl (C=O) groups is 1. The molecule has 0 saturated carbocycles. The summed E-state index contributed by atoms with van der Waals surface area (Å²) in [7, 11) is 0. The van der Waals surface area contributed by atoms with E-state index in [1.54, 1.807) is 0 Å². The fourth-order valence-corrected chi connectivity index (χ4v) is 3.89. The van der Waals surface area contributed by atoms with Crippen LogP contribution in [0.2, 0.25) is 0 Å². The summed E-state index contributed by atoms with van der Waals surface area (Å²) in [6.07, 6.45) is 1.18. The molecule has 1 amide bonds. The van der Waals surface area contributed by atoms with Crippen LogP contribution in [0, 0.1) is 0 Å². The Kier molecular flexibility index (Phi) is 6.27. The van der Waals surface area contributed by atoms with E-state index in [0.717, 1.165) is 49.3 Å². The zero-order chi connectivity index (χ0) is 16.9. The van der Waals surface area contributed by atoms with Gasteiger partial charge in [-0.15, -0.1) is 0 Å². The first-order valence-corrected chi connectivity index (χ1v) is 9.63. The van der Waals surface area contributed by atoms with Crippen LogP contribution in [0.15, 0.2) is 28.7 Å². The van der Waals surface area contributed by atoms with Crippen molar-refractivity contribution in [3.63, 3.8) is 0 Å². The van der Waals surface area contributed by atoms with Crippen LogP contribution in [-0.4, -0.2) is 67.6 Å².